The highest BCUT2D eigenvalue weighted by atomic mass is 19.1. The van der Waals surface area contributed by atoms with Gasteiger partial charge in [-0.05, 0) is 49.2 Å². The standard InChI is InChI=1S/C17H20FNO2/c1-11-8-17(15(12(2)19)9-16(11)18)21-10-13-4-6-14(20-3)7-5-13/h4-9,12H,10,19H2,1-3H3. The molecule has 1 unspecified atom stereocenters. The van der Waals surface area contributed by atoms with E-state index in [1.54, 1.807) is 20.1 Å². The average molecular weight is 289 g/mol. The van der Waals surface area contributed by atoms with Crippen molar-refractivity contribution in [3.63, 3.8) is 0 Å². The van der Waals surface area contributed by atoms with E-state index in [1.807, 2.05) is 31.2 Å². The molecular formula is C17H20FNO2. The monoisotopic (exact) mass is 289 g/mol. The third kappa shape index (κ3) is 3.73. The predicted octanol–water partition coefficient (Wildman–Crippen LogP) is 3.74. The Labute approximate surface area is 124 Å². The molecule has 0 aliphatic carbocycles. The maximum atomic E-state index is 13.6. The van der Waals surface area contributed by atoms with Crippen LogP contribution in [0.3, 0.4) is 0 Å². The van der Waals surface area contributed by atoms with Gasteiger partial charge in [0.2, 0.25) is 0 Å². The summed E-state index contributed by atoms with van der Waals surface area (Å²) in [6, 6.07) is 10.5. The van der Waals surface area contributed by atoms with Crippen molar-refractivity contribution in [3.05, 3.63) is 58.9 Å². The quantitative estimate of drug-likeness (QED) is 0.912. The van der Waals surface area contributed by atoms with Gasteiger partial charge in [-0.3, -0.25) is 0 Å². The first-order valence-corrected chi connectivity index (χ1v) is 6.82. The summed E-state index contributed by atoms with van der Waals surface area (Å²) >= 11 is 0. The summed E-state index contributed by atoms with van der Waals surface area (Å²) in [6.07, 6.45) is 0. The summed E-state index contributed by atoms with van der Waals surface area (Å²) in [5.41, 5.74) is 8.10. The number of methoxy groups -OCH3 is 1. The van der Waals surface area contributed by atoms with Crippen LogP contribution >= 0.6 is 0 Å². The summed E-state index contributed by atoms with van der Waals surface area (Å²) in [7, 11) is 1.63. The second kappa shape index (κ2) is 6.59. The minimum atomic E-state index is -0.286. The second-order valence-electron chi connectivity index (χ2n) is 5.06. The summed E-state index contributed by atoms with van der Waals surface area (Å²) in [5.74, 6) is 1.16. The van der Waals surface area contributed by atoms with E-state index >= 15 is 0 Å². The third-order valence-electron chi connectivity index (χ3n) is 3.34. The minimum absolute atomic E-state index is 0.265. The van der Waals surface area contributed by atoms with E-state index in [9.17, 15) is 4.39 Å². The van der Waals surface area contributed by atoms with Crippen molar-refractivity contribution in [2.45, 2.75) is 26.5 Å². The zero-order valence-corrected chi connectivity index (χ0v) is 12.5. The molecule has 0 saturated carbocycles. The van der Waals surface area contributed by atoms with Crippen LogP contribution in [-0.4, -0.2) is 7.11 Å². The van der Waals surface area contributed by atoms with Gasteiger partial charge in [-0.15, -0.1) is 0 Å². The van der Waals surface area contributed by atoms with Crippen molar-refractivity contribution in [3.8, 4) is 11.5 Å². The number of aryl methyl sites for hydroxylation is 1. The lowest BCUT2D eigenvalue weighted by molar-refractivity contribution is 0.300. The second-order valence-corrected chi connectivity index (χ2v) is 5.06. The van der Waals surface area contributed by atoms with Gasteiger partial charge in [0.1, 0.15) is 23.9 Å². The van der Waals surface area contributed by atoms with Gasteiger partial charge in [0, 0.05) is 11.6 Å². The Morgan fingerprint density at radius 2 is 1.86 bits per heavy atom. The van der Waals surface area contributed by atoms with Gasteiger partial charge in [-0.25, -0.2) is 4.39 Å². The van der Waals surface area contributed by atoms with E-state index in [4.69, 9.17) is 15.2 Å². The number of ether oxygens (including phenoxy) is 2. The molecule has 1 atom stereocenters. The maximum absolute atomic E-state index is 13.6. The molecule has 0 amide bonds. The first-order chi connectivity index (χ1) is 10.0. The van der Waals surface area contributed by atoms with Crippen LogP contribution in [0.5, 0.6) is 11.5 Å². The van der Waals surface area contributed by atoms with E-state index in [1.165, 1.54) is 6.07 Å². The van der Waals surface area contributed by atoms with E-state index in [-0.39, 0.29) is 11.9 Å². The number of benzene rings is 2. The van der Waals surface area contributed by atoms with Crippen molar-refractivity contribution >= 4 is 0 Å². The molecule has 0 radical (unpaired) electrons. The van der Waals surface area contributed by atoms with Gasteiger partial charge >= 0.3 is 0 Å². The maximum Gasteiger partial charge on any atom is 0.126 e. The van der Waals surface area contributed by atoms with Crippen LogP contribution in [0.4, 0.5) is 4.39 Å². The highest BCUT2D eigenvalue weighted by Crippen LogP contribution is 2.28. The van der Waals surface area contributed by atoms with E-state index in [2.05, 4.69) is 0 Å². The molecule has 0 spiro atoms. The van der Waals surface area contributed by atoms with Gasteiger partial charge in [-0.2, -0.15) is 0 Å². The number of rotatable bonds is 5. The van der Waals surface area contributed by atoms with Gasteiger partial charge in [0.25, 0.3) is 0 Å². The first kappa shape index (κ1) is 15.3. The van der Waals surface area contributed by atoms with Gasteiger partial charge in [-0.1, -0.05) is 12.1 Å². The fourth-order valence-electron chi connectivity index (χ4n) is 2.03. The Hall–Kier alpha value is -2.07. The number of hydrogen-bond donors (Lipinski definition) is 1. The van der Waals surface area contributed by atoms with Crippen LogP contribution < -0.4 is 15.2 Å². The van der Waals surface area contributed by atoms with Crippen LogP contribution in [0.25, 0.3) is 0 Å². The molecule has 3 nitrogen and oxygen atoms in total. The molecule has 2 N–H and O–H groups in total. The SMILES string of the molecule is COc1ccc(COc2cc(C)c(F)cc2C(C)N)cc1. The molecule has 0 aromatic heterocycles. The zero-order valence-electron chi connectivity index (χ0n) is 12.5. The first-order valence-electron chi connectivity index (χ1n) is 6.82. The molecule has 2 rings (SSSR count). The van der Waals surface area contributed by atoms with Crippen LogP contribution in [0.2, 0.25) is 0 Å². The van der Waals surface area contributed by atoms with Crippen molar-refractivity contribution in [2.24, 2.45) is 5.73 Å². The highest BCUT2D eigenvalue weighted by molar-refractivity contribution is 5.40. The molecule has 4 heteroatoms. The third-order valence-corrected chi connectivity index (χ3v) is 3.34. The molecule has 0 heterocycles. The van der Waals surface area contributed by atoms with Gasteiger partial charge in [0.15, 0.2) is 0 Å². The van der Waals surface area contributed by atoms with E-state index in [0.29, 0.717) is 23.5 Å². The molecule has 0 saturated heterocycles. The lowest BCUT2D eigenvalue weighted by atomic mass is 10.0. The lowest BCUT2D eigenvalue weighted by Crippen LogP contribution is -2.09. The Kier molecular flexibility index (Phi) is 4.81. The molecule has 112 valence electrons. The number of nitrogens with two attached hydrogens (primary N) is 1. The molecule has 21 heavy (non-hydrogen) atoms. The van der Waals surface area contributed by atoms with Crippen LogP contribution in [0, 0.1) is 12.7 Å². The van der Waals surface area contributed by atoms with E-state index < -0.39 is 0 Å². The molecule has 0 fully saturated rings. The fourth-order valence-corrected chi connectivity index (χ4v) is 2.03. The molecule has 2 aromatic carbocycles. The van der Waals surface area contributed by atoms with Gasteiger partial charge < -0.3 is 15.2 Å². The molecule has 0 aliphatic rings. The smallest absolute Gasteiger partial charge is 0.126 e. The largest absolute Gasteiger partial charge is 0.497 e. The van der Waals surface area contributed by atoms with Gasteiger partial charge in [0.05, 0.1) is 7.11 Å². The van der Waals surface area contributed by atoms with Crippen LogP contribution in [0.15, 0.2) is 36.4 Å². The fraction of sp³-hybridized carbons (Fsp3) is 0.294. The molecule has 0 aliphatic heterocycles. The average Bonchev–Trinajstić information content (AvgIpc) is 2.48. The van der Waals surface area contributed by atoms with Crippen molar-refractivity contribution < 1.29 is 13.9 Å². The summed E-state index contributed by atoms with van der Waals surface area (Å²) in [4.78, 5) is 0. The Bertz CT molecular complexity index is 609. The lowest BCUT2D eigenvalue weighted by Gasteiger charge is -2.15. The normalized spacial score (nSPS) is 12.0. The van der Waals surface area contributed by atoms with Crippen LogP contribution in [0.1, 0.15) is 29.7 Å². The van der Waals surface area contributed by atoms with Crippen LogP contribution in [-0.2, 0) is 6.61 Å². The molecule has 0 bridgehead atoms. The predicted molar refractivity (Wildman–Crippen MR) is 81.1 cm³/mol. The van der Waals surface area contributed by atoms with Crippen molar-refractivity contribution in [2.75, 3.05) is 7.11 Å². The summed E-state index contributed by atoms with van der Waals surface area (Å²) in [5, 5.41) is 0. The summed E-state index contributed by atoms with van der Waals surface area (Å²) in [6.45, 7) is 3.92. The number of hydrogen-bond acceptors (Lipinski definition) is 3. The molecule has 2 aromatic rings. The number of halogens is 1. The zero-order chi connectivity index (χ0) is 15.4. The Morgan fingerprint density at radius 3 is 2.43 bits per heavy atom. The van der Waals surface area contributed by atoms with Crippen molar-refractivity contribution in [1.29, 1.82) is 0 Å². The molecular weight excluding hydrogens is 269 g/mol. The minimum Gasteiger partial charge on any atom is -0.497 e. The Balaban J connectivity index is 2.16. The summed E-state index contributed by atoms with van der Waals surface area (Å²) < 4.78 is 24.6. The van der Waals surface area contributed by atoms with E-state index in [0.717, 1.165) is 11.3 Å². The van der Waals surface area contributed by atoms with Crippen molar-refractivity contribution in [1.82, 2.24) is 0 Å². The highest BCUT2D eigenvalue weighted by Gasteiger charge is 2.12. The topological polar surface area (TPSA) is 44.5 Å². The Morgan fingerprint density at radius 1 is 1.19 bits per heavy atom.